The van der Waals surface area contributed by atoms with Crippen molar-refractivity contribution in [1.82, 2.24) is 0 Å². The van der Waals surface area contributed by atoms with E-state index < -0.39 is 23.4 Å². The van der Waals surface area contributed by atoms with Gasteiger partial charge in [-0.25, -0.2) is 13.6 Å². The van der Waals surface area contributed by atoms with E-state index in [2.05, 4.69) is 0 Å². The van der Waals surface area contributed by atoms with E-state index in [0.29, 0.717) is 6.42 Å². The predicted octanol–water partition coefficient (Wildman–Crippen LogP) is 3.97. The largest absolute Gasteiger partial charge is 0.449 e. The highest BCUT2D eigenvalue weighted by Crippen LogP contribution is 2.23. The fourth-order valence-electron chi connectivity index (χ4n) is 1.11. The van der Waals surface area contributed by atoms with Crippen LogP contribution in [0.4, 0.5) is 19.3 Å². The van der Waals surface area contributed by atoms with E-state index in [4.69, 9.17) is 16.3 Å². The summed E-state index contributed by atoms with van der Waals surface area (Å²) in [5.41, 5.74) is -0.559. The first-order chi connectivity index (χ1) is 8.04. The fourth-order valence-corrected chi connectivity index (χ4v) is 1.30. The molecule has 94 valence electrons. The standard InChI is InChI=1S/C11H12ClF2NO2/c1-2-3-4-17-11(16)15-10-8(13)5-7(12)6-9(10)14/h5-6H,2-4H2,1H3,(H,15,16). The van der Waals surface area contributed by atoms with Crippen molar-refractivity contribution in [2.24, 2.45) is 0 Å². The summed E-state index contributed by atoms with van der Waals surface area (Å²) in [6, 6.07) is 1.82. The van der Waals surface area contributed by atoms with Crippen molar-refractivity contribution in [2.45, 2.75) is 19.8 Å². The molecule has 0 unspecified atom stereocenters. The Bertz CT molecular complexity index is 389. The normalized spacial score (nSPS) is 10.1. The van der Waals surface area contributed by atoms with Gasteiger partial charge >= 0.3 is 6.09 Å². The number of amides is 1. The maximum atomic E-state index is 13.3. The number of carbonyl (C=O) groups is 1. The summed E-state index contributed by atoms with van der Waals surface area (Å²) in [5.74, 6) is -1.88. The lowest BCUT2D eigenvalue weighted by molar-refractivity contribution is 0.159. The second kappa shape index (κ2) is 6.39. The second-order valence-corrected chi connectivity index (χ2v) is 3.80. The van der Waals surface area contributed by atoms with Crippen molar-refractivity contribution in [3.05, 3.63) is 28.8 Å². The maximum absolute atomic E-state index is 13.3. The average molecular weight is 264 g/mol. The van der Waals surface area contributed by atoms with Crippen LogP contribution in [0.3, 0.4) is 0 Å². The Kier molecular flexibility index (Phi) is 5.15. The maximum Gasteiger partial charge on any atom is 0.411 e. The van der Waals surface area contributed by atoms with Crippen LogP contribution in [-0.2, 0) is 4.74 Å². The molecular weight excluding hydrogens is 252 g/mol. The van der Waals surface area contributed by atoms with Gasteiger partial charge in [0.1, 0.15) is 5.69 Å². The summed E-state index contributed by atoms with van der Waals surface area (Å²) >= 11 is 5.44. The van der Waals surface area contributed by atoms with Crippen molar-refractivity contribution in [2.75, 3.05) is 11.9 Å². The number of halogens is 3. The Balaban J connectivity index is 2.65. The molecule has 0 aromatic heterocycles. The number of rotatable bonds is 4. The van der Waals surface area contributed by atoms with Crippen molar-refractivity contribution in [3.63, 3.8) is 0 Å². The second-order valence-electron chi connectivity index (χ2n) is 3.36. The molecule has 0 saturated carbocycles. The lowest BCUT2D eigenvalue weighted by Gasteiger charge is -2.08. The molecule has 1 N–H and O–H groups in total. The smallest absolute Gasteiger partial charge is 0.411 e. The Labute approximate surface area is 103 Å². The molecule has 0 atom stereocenters. The van der Waals surface area contributed by atoms with Crippen LogP contribution in [0.25, 0.3) is 0 Å². The van der Waals surface area contributed by atoms with Crippen LogP contribution >= 0.6 is 11.6 Å². The highest BCUT2D eigenvalue weighted by Gasteiger charge is 2.14. The lowest BCUT2D eigenvalue weighted by Crippen LogP contribution is -2.16. The average Bonchev–Trinajstić information content (AvgIpc) is 2.24. The molecule has 1 amide bonds. The Morgan fingerprint density at radius 3 is 2.53 bits per heavy atom. The van der Waals surface area contributed by atoms with Crippen molar-refractivity contribution in [1.29, 1.82) is 0 Å². The molecule has 17 heavy (non-hydrogen) atoms. The van der Waals surface area contributed by atoms with Crippen LogP contribution in [0.2, 0.25) is 5.02 Å². The van der Waals surface area contributed by atoms with Gasteiger partial charge in [-0.3, -0.25) is 5.32 Å². The lowest BCUT2D eigenvalue weighted by atomic mass is 10.3. The Hall–Kier alpha value is -1.36. The molecule has 0 aliphatic rings. The van der Waals surface area contributed by atoms with Gasteiger partial charge in [0.05, 0.1) is 6.61 Å². The van der Waals surface area contributed by atoms with Crippen LogP contribution < -0.4 is 5.32 Å². The summed E-state index contributed by atoms with van der Waals surface area (Å²) in [4.78, 5) is 11.2. The number of nitrogens with one attached hydrogen (secondary N) is 1. The zero-order valence-electron chi connectivity index (χ0n) is 9.23. The van der Waals surface area contributed by atoms with E-state index in [1.165, 1.54) is 0 Å². The molecule has 0 heterocycles. The third-order valence-electron chi connectivity index (χ3n) is 1.96. The number of anilines is 1. The molecule has 6 heteroatoms. The monoisotopic (exact) mass is 263 g/mol. The Morgan fingerprint density at radius 1 is 1.41 bits per heavy atom. The first-order valence-corrected chi connectivity index (χ1v) is 5.50. The Morgan fingerprint density at radius 2 is 2.00 bits per heavy atom. The quantitative estimate of drug-likeness (QED) is 0.835. The topological polar surface area (TPSA) is 38.3 Å². The summed E-state index contributed by atoms with van der Waals surface area (Å²) < 4.78 is 31.2. The number of hydrogen-bond donors (Lipinski definition) is 1. The van der Waals surface area contributed by atoms with Gasteiger partial charge in [-0.05, 0) is 18.6 Å². The number of carbonyl (C=O) groups excluding carboxylic acids is 1. The third kappa shape index (κ3) is 4.19. The highest BCUT2D eigenvalue weighted by molar-refractivity contribution is 6.30. The van der Waals surface area contributed by atoms with E-state index in [-0.39, 0.29) is 11.6 Å². The number of ether oxygens (including phenoxy) is 1. The molecule has 0 fully saturated rings. The number of hydrogen-bond acceptors (Lipinski definition) is 2. The van der Waals surface area contributed by atoms with Gasteiger partial charge < -0.3 is 4.74 Å². The summed E-state index contributed by atoms with van der Waals surface area (Å²) in [7, 11) is 0. The minimum Gasteiger partial charge on any atom is -0.449 e. The van der Waals surface area contributed by atoms with E-state index in [9.17, 15) is 13.6 Å². The molecule has 1 aromatic rings. The van der Waals surface area contributed by atoms with Crippen LogP contribution in [0, 0.1) is 11.6 Å². The van der Waals surface area contributed by atoms with Gasteiger partial charge in [0, 0.05) is 5.02 Å². The number of unbranched alkanes of at least 4 members (excludes halogenated alkanes) is 1. The SMILES string of the molecule is CCCCOC(=O)Nc1c(F)cc(Cl)cc1F. The van der Waals surface area contributed by atoms with E-state index in [1.807, 2.05) is 12.2 Å². The molecule has 1 aromatic carbocycles. The van der Waals surface area contributed by atoms with Gasteiger partial charge in [-0.1, -0.05) is 24.9 Å². The third-order valence-corrected chi connectivity index (χ3v) is 2.18. The van der Waals surface area contributed by atoms with Crippen molar-refractivity contribution in [3.8, 4) is 0 Å². The molecular formula is C11H12ClF2NO2. The molecule has 0 aliphatic heterocycles. The van der Waals surface area contributed by atoms with Gasteiger partial charge in [-0.15, -0.1) is 0 Å². The summed E-state index contributed by atoms with van der Waals surface area (Å²) in [6.07, 6.45) is 0.661. The van der Waals surface area contributed by atoms with E-state index >= 15 is 0 Å². The first kappa shape index (κ1) is 13.7. The van der Waals surface area contributed by atoms with Crippen LogP contribution in [0.5, 0.6) is 0 Å². The summed E-state index contributed by atoms with van der Waals surface area (Å²) in [5, 5.41) is 1.92. The molecule has 1 rings (SSSR count). The van der Waals surface area contributed by atoms with Crippen molar-refractivity contribution < 1.29 is 18.3 Å². The van der Waals surface area contributed by atoms with Crippen LogP contribution in [0.15, 0.2) is 12.1 Å². The summed E-state index contributed by atoms with van der Waals surface area (Å²) in [6.45, 7) is 2.14. The zero-order chi connectivity index (χ0) is 12.8. The van der Waals surface area contributed by atoms with Gasteiger partial charge in [0.15, 0.2) is 11.6 Å². The first-order valence-electron chi connectivity index (χ1n) is 5.13. The zero-order valence-corrected chi connectivity index (χ0v) is 9.98. The molecule has 0 radical (unpaired) electrons. The minimum atomic E-state index is -0.942. The fraction of sp³-hybridized carbons (Fsp3) is 0.364. The molecule has 0 saturated heterocycles. The van der Waals surface area contributed by atoms with Gasteiger partial charge in [0.25, 0.3) is 0 Å². The van der Waals surface area contributed by atoms with Crippen LogP contribution in [0.1, 0.15) is 19.8 Å². The van der Waals surface area contributed by atoms with Crippen molar-refractivity contribution >= 4 is 23.4 Å². The van der Waals surface area contributed by atoms with E-state index in [1.54, 1.807) is 0 Å². The van der Waals surface area contributed by atoms with Gasteiger partial charge in [-0.2, -0.15) is 0 Å². The van der Waals surface area contributed by atoms with Gasteiger partial charge in [0.2, 0.25) is 0 Å². The minimum absolute atomic E-state index is 0.0788. The molecule has 0 spiro atoms. The molecule has 0 aliphatic carbocycles. The highest BCUT2D eigenvalue weighted by atomic mass is 35.5. The molecule has 3 nitrogen and oxygen atoms in total. The van der Waals surface area contributed by atoms with Crippen LogP contribution in [-0.4, -0.2) is 12.7 Å². The predicted molar refractivity (Wildman–Crippen MR) is 61.2 cm³/mol. The molecule has 0 bridgehead atoms. The number of benzene rings is 1. The van der Waals surface area contributed by atoms with E-state index in [0.717, 1.165) is 18.6 Å².